The van der Waals surface area contributed by atoms with Crippen LogP contribution >= 0.6 is 0 Å². The molecule has 2 N–H and O–H groups in total. The van der Waals surface area contributed by atoms with E-state index in [1.165, 1.54) is 5.32 Å². The lowest BCUT2D eigenvalue weighted by Gasteiger charge is -2.08. The molecule has 1 amide bonds. The van der Waals surface area contributed by atoms with Gasteiger partial charge < -0.3 is 15.0 Å². The number of esters is 1. The summed E-state index contributed by atoms with van der Waals surface area (Å²) < 4.78 is 40.3. The highest BCUT2D eigenvalue weighted by Gasteiger charge is 2.28. The van der Waals surface area contributed by atoms with Crippen LogP contribution in [0.2, 0.25) is 0 Å². The molecule has 0 unspecified atom stereocenters. The maximum absolute atomic E-state index is 12.2. The maximum atomic E-state index is 12.2. The number of aromatic nitrogens is 1. The van der Waals surface area contributed by atoms with Gasteiger partial charge in [0.1, 0.15) is 6.54 Å². The zero-order chi connectivity index (χ0) is 17.9. The average Bonchev–Trinajstić information content (AvgIpc) is 2.84. The van der Waals surface area contributed by atoms with Gasteiger partial charge in [-0.1, -0.05) is 18.2 Å². The fraction of sp³-hybridized carbons (Fsp3) is 0.267. The molecule has 0 fully saturated rings. The molecule has 0 atom stereocenters. The number of carbonyl (C=O) groups is 3. The standard InChI is InChI=1S/C15H13F3N2O4/c1-8-12(9-4-2-3-5-10(9)20-8)13(22)14(23)24-6-11(21)19-7-15(16,17)18/h2-5,20H,6-7H2,1H3,(H,19,21). The van der Waals surface area contributed by atoms with Crippen molar-refractivity contribution in [3.05, 3.63) is 35.5 Å². The molecular formula is C15H13F3N2O4. The number of H-pyrrole nitrogens is 1. The van der Waals surface area contributed by atoms with Gasteiger partial charge in [-0.15, -0.1) is 0 Å². The Bertz CT molecular complexity index is 796. The van der Waals surface area contributed by atoms with Crippen LogP contribution in [0.5, 0.6) is 0 Å². The number of benzene rings is 1. The number of alkyl halides is 3. The molecule has 0 bridgehead atoms. The third-order valence-electron chi connectivity index (χ3n) is 3.13. The third-order valence-corrected chi connectivity index (χ3v) is 3.13. The maximum Gasteiger partial charge on any atom is 0.405 e. The van der Waals surface area contributed by atoms with Crippen LogP contribution in [0.15, 0.2) is 24.3 Å². The van der Waals surface area contributed by atoms with Gasteiger partial charge in [0, 0.05) is 16.6 Å². The number of hydrogen-bond acceptors (Lipinski definition) is 4. The molecule has 0 radical (unpaired) electrons. The molecule has 2 rings (SSSR count). The third kappa shape index (κ3) is 4.12. The quantitative estimate of drug-likeness (QED) is 0.493. The molecule has 0 saturated heterocycles. The summed E-state index contributed by atoms with van der Waals surface area (Å²) in [6.45, 7) is -0.919. The summed E-state index contributed by atoms with van der Waals surface area (Å²) >= 11 is 0. The Kier molecular flexibility index (Phi) is 4.91. The molecule has 128 valence electrons. The number of aryl methyl sites for hydroxylation is 1. The predicted molar refractivity (Wildman–Crippen MR) is 77.4 cm³/mol. The van der Waals surface area contributed by atoms with Crippen LogP contribution in [-0.2, 0) is 14.3 Å². The average molecular weight is 342 g/mol. The number of hydrogen-bond donors (Lipinski definition) is 2. The van der Waals surface area contributed by atoms with Crippen LogP contribution in [0.3, 0.4) is 0 Å². The van der Waals surface area contributed by atoms with Gasteiger partial charge in [-0.3, -0.25) is 9.59 Å². The number of halogens is 3. The Balaban J connectivity index is 2.01. The fourth-order valence-corrected chi connectivity index (χ4v) is 2.12. The summed E-state index contributed by atoms with van der Waals surface area (Å²) in [6.07, 6.45) is -4.57. The topological polar surface area (TPSA) is 88.3 Å². The summed E-state index contributed by atoms with van der Waals surface area (Å²) in [4.78, 5) is 38.0. The van der Waals surface area contributed by atoms with Crippen LogP contribution in [0.25, 0.3) is 10.9 Å². The number of para-hydroxylation sites is 1. The fourth-order valence-electron chi connectivity index (χ4n) is 2.12. The molecule has 0 aliphatic rings. The Morgan fingerprint density at radius 2 is 1.88 bits per heavy atom. The molecular weight excluding hydrogens is 329 g/mol. The molecule has 0 aliphatic carbocycles. The van der Waals surface area contributed by atoms with Gasteiger partial charge in [0.15, 0.2) is 6.61 Å². The number of ketones is 1. The molecule has 1 heterocycles. The minimum Gasteiger partial charge on any atom is -0.450 e. The first kappa shape index (κ1) is 17.5. The van der Waals surface area contributed by atoms with Crippen molar-refractivity contribution >= 4 is 28.6 Å². The summed E-state index contributed by atoms with van der Waals surface area (Å²) in [5, 5.41) is 2.05. The number of Topliss-reactive ketones (excluding diaryl/α,β-unsaturated/α-hetero) is 1. The first-order valence-electron chi connectivity index (χ1n) is 6.81. The van der Waals surface area contributed by atoms with E-state index in [4.69, 9.17) is 0 Å². The van der Waals surface area contributed by atoms with Crippen molar-refractivity contribution in [3.63, 3.8) is 0 Å². The van der Waals surface area contributed by atoms with Crippen LogP contribution in [0, 0.1) is 6.92 Å². The lowest BCUT2D eigenvalue weighted by Crippen LogP contribution is -2.37. The van der Waals surface area contributed by atoms with Gasteiger partial charge in [-0.2, -0.15) is 13.2 Å². The van der Waals surface area contributed by atoms with Crippen LogP contribution < -0.4 is 5.32 Å². The predicted octanol–water partition coefficient (Wildman–Crippen LogP) is 1.88. The lowest BCUT2D eigenvalue weighted by atomic mass is 10.1. The van der Waals surface area contributed by atoms with Gasteiger partial charge in [-0.25, -0.2) is 4.79 Å². The molecule has 0 saturated carbocycles. The van der Waals surface area contributed by atoms with Crippen LogP contribution in [0.4, 0.5) is 13.2 Å². The number of carbonyl (C=O) groups excluding carboxylic acids is 3. The normalized spacial score (nSPS) is 11.3. The molecule has 1 aromatic heterocycles. The molecule has 1 aromatic carbocycles. The van der Waals surface area contributed by atoms with Crippen molar-refractivity contribution in [2.24, 2.45) is 0 Å². The lowest BCUT2D eigenvalue weighted by molar-refractivity contribution is -0.148. The molecule has 0 aliphatic heterocycles. The van der Waals surface area contributed by atoms with E-state index in [0.717, 1.165) is 0 Å². The van der Waals surface area contributed by atoms with Gasteiger partial charge in [0.25, 0.3) is 11.7 Å². The van der Waals surface area contributed by atoms with Gasteiger partial charge in [0.2, 0.25) is 0 Å². The van der Waals surface area contributed by atoms with Crippen molar-refractivity contribution in [1.82, 2.24) is 10.3 Å². The molecule has 2 aromatic rings. The second-order valence-corrected chi connectivity index (χ2v) is 4.97. The van der Waals surface area contributed by atoms with Crippen molar-refractivity contribution in [1.29, 1.82) is 0 Å². The number of rotatable bonds is 5. The summed E-state index contributed by atoms with van der Waals surface area (Å²) in [5.41, 5.74) is 1.19. The zero-order valence-electron chi connectivity index (χ0n) is 12.5. The monoisotopic (exact) mass is 342 g/mol. The molecule has 6 nitrogen and oxygen atoms in total. The minimum absolute atomic E-state index is 0.103. The van der Waals surface area contributed by atoms with Gasteiger partial charge in [-0.05, 0) is 13.0 Å². The summed E-state index contributed by atoms with van der Waals surface area (Å²) in [5.74, 6) is -3.44. The largest absolute Gasteiger partial charge is 0.450 e. The Hall–Kier alpha value is -2.84. The van der Waals surface area contributed by atoms with Crippen LogP contribution in [0.1, 0.15) is 16.1 Å². The molecule has 0 spiro atoms. The highest BCUT2D eigenvalue weighted by Crippen LogP contribution is 2.22. The van der Waals surface area contributed by atoms with E-state index < -0.39 is 37.0 Å². The van der Waals surface area contributed by atoms with Crippen LogP contribution in [-0.4, -0.2) is 42.0 Å². The first-order valence-corrected chi connectivity index (χ1v) is 6.81. The van der Waals surface area contributed by atoms with E-state index >= 15 is 0 Å². The highest BCUT2D eigenvalue weighted by molar-refractivity contribution is 6.43. The van der Waals surface area contributed by atoms with E-state index in [0.29, 0.717) is 16.6 Å². The Morgan fingerprint density at radius 1 is 1.21 bits per heavy atom. The summed E-state index contributed by atoms with van der Waals surface area (Å²) in [7, 11) is 0. The number of ether oxygens (including phenoxy) is 1. The Labute approximate surface area is 134 Å². The first-order chi connectivity index (χ1) is 11.2. The van der Waals surface area contributed by atoms with Gasteiger partial charge >= 0.3 is 12.1 Å². The van der Waals surface area contributed by atoms with E-state index in [2.05, 4.69) is 9.72 Å². The highest BCUT2D eigenvalue weighted by atomic mass is 19.4. The summed E-state index contributed by atoms with van der Waals surface area (Å²) in [6, 6.07) is 6.78. The number of amides is 1. The smallest absolute Gasteiger partial charge is 0.405 e. The van der Waals surface area contributed by atoms with Crippen molar-refractivity contribution in [3.8, 4) is 0 Å². The van der Waals surface area contributed by atoms with E-state index in [9.17, 15) is 27.6 Å². The number of fused-ring (bicyclic) bond motifs is 1. The number of nitrogens with one attached hydrogen (secondary N) is 2. The molecule has 9 heteroatoms. The second-order valence-electron chi connectivity index (χ2n) is 4.97. The second kappa shape index (κ2) is 6.73. The van der Waals surface area contributed by atoms with Gasteiger partial charge in [0.05, 0.1) is 5.56 Å². The molecule has 24 heavy (non-hydrogen) atoms. The Morgan fingerprint density at radius 3 is 2.54 bits per heavy atom. The van der Waals surface area contributed by atoms with Crippen molar-refractivity contribution in [2.75, 3.05) is 13.2 Å². The van der Waals surface area contributed by atoms with E-state index in [1.54, 1.807) is 31.2 Å². The van der Waals surface area contributed by atoms with Crippen molar-refractivity contribution < 1.29 is 32.3 Å². The van der Waals surface area contributed by atoms with Crippen molar-refractivity contribution in [2.45, 2.75) is 13.1 Å². The SMILES string of the molecule is Cc1[nH]c2ccccc2c1C(=O)C(=O)OCC(=O)NCC(F)(F)F. The minimum atomic E-state index is -4.57. The zero-order valence-corrected chi connectivity index (χ0v) is 12.5. The van der Waals surface area contributed by atoms with E-state index in [1.807, 2.05) is 0 Å². The number of aromatic amines is 1. The van der Waals surface area contributed by atoms with E-state index in [-0.39, 0.29) is 5.56 Å².